The van der Waals surface area contributed by atoms with Crippen molar-refractivity contribution in [2.45, 2.75) is 6.92 Å². The van der Waals surface area contributed by atoms with E-state index >= 15 is 0 Å². The van der Waals surface area contributed by atoms with Crippen molar-refractivity contribution in [3.63, 3.8) is 0 Å². The normalized spacial score (nSPS) is 10.5. The summed E-state index contributed by atoms with van der Waals surface area (Å²) in [5.41, 5.74) is 2.24. The first-order valence-corrected chi connectivity index (χ1v) is 7.04. The number of aromatic carboxylic acids is 1. The van der Waals surface area contributed by atoms with Crippen LogP contribution in [0.25, 0.3) is 10.9 Å². The van der Waals surface area contributed by atoms with E-state index in [0.717, 1.165) is 16.6 Å². The molecule has 1 amide bonds. The molecular weight excluding hydrogens is 292 g/mol. The van der Waals surface area contributed by atoms with Crippen LogP contribution in [0.3, 0.4) is 0 Å². The van der Waals surface area contributed by atoms with E-state index < -0.39 is 11.9 Å². The van der Waals surface area contributed by atoms with Crippen molar-refractivity contribution in [3.8, 4) is 0 Å². The Labute approximate surface area is 132 Å². The van der Waals surface area contributed by atoms with E-state index in [2.05, 4.69) is 10.3 Å². The molecule has 1 aromatic heterocycles. The number of carbonyl (C=O) groups is 2. The molecule has 1 N–H and O–H groups in total. The highest BCUT2D eigenvalue weighted by Crippen LogP contribution is 2.19. The highest BCUT2D eigenvalue weighted by atomic mass is 16.4. The molecule has 0 saturated carbocycles. The zero-order valence-electron chi connectivity index (χ0n) is 12.4. The predicted octanol–water partition coefficient (Wildman–Crippen LogP) is 2.16. The van der Waals surface area contributed by atoms with E-state index in [0.29, 0.717) is 5.69 Å². The maximum atomic E-state index is 12.3. The van der Waals surface area contributed by atoms with Crippen LogP contribution in [0.2, 0.25) is 0 Å². The summed E-state index contributed by atoms with van der Waals surface area (Å²) in [7, 11) is 0. The Bertz CT molecular complexity index is 919. The molecule has 0 aliphatic rings. The highest BCUT2D eigenvalue weighted by molar-refractivity contribution is 6.10. The SMILES string of the molecule is Cc1ccc2cc(NC(=O)c3ccccc3C(=O)[O-])ccc2n1. The lowest BCUT2D eigenvalue weighted by molar-refractivity contribution is -0.255. The van der Waals surface area contributed by atoms with Gasteiger partial charge in [0.25, 0.3) is 5.91 Å². The number of pyridine rings is 1. The van der Waals surface area contributed by atoms with E-state index in [-0.39, 0.29) is 11.1 Å². The zero-order valence-corrected chi connectivity index (χ0v) is 12.4. The largest absolute Gasteiger partial charge is 0.545 e. The first-order valence-electron chi connectivity index (χ1n) is 7.04. The number of carbonyl (C=O) groups excluding carboxylic acids is 2. The van der Waals surface area contributed by atoms with Gasteiger partial charge in [0.05, 0.1) is 11.5 Å². The predicted molar refractivity (Wildman–Crippen MR) is 85.2 cm³/mol. The first-order chi connectivity index (χ1) is 11.0. The van der Waals surface area contributed by atoms with Crippen LogP contribution in [0.5, 0.6) is 0 Å². The first kappa shape index (κ1) is 14.7. The molecule has 5 nitrogen and oxygen atoms in total. The zero-order chi connectivity index (χ0) is 16.4. The monoisotopic (exact) mass is 305 g/mol. The number of hydrogen-bond donors (Lipinski definition) is 1. The fourth-order valence-corrected chi connectivity index (χ4v) is 2.36. The molecule has 3 rings (SSSR count). The Morgan fingerprint density at radius 2 is 1.74 bits per heavy atom. The number of fused-ring (bicyclic) bond motifs is 1. The van der Waals surface area contributed by atoms with E-state index in [9.17, 15) is 14.7 Å². The number of aromatic nitrogens is 1. The molecule has 114 valence electrons. The standard InChI is InChI=1S/C18H14N2O3/c1-11-6-7-12-10-13(8-9-16(12)19-11)20-17(21)14-4-2-3-5-15(14)18(22)23/h2-10H,1H3,(H,20,21)(H,22,23)/p-1. The Kier molecular flexibility index (Phi) is 3.76. The Hall–Kier alpha value is -3.21. The molecule has 0 saturated heterocycles. The van der Waals surface area contributed by atoms with E-state index in [1.807, 2.05) is 25.1 Å². The topological polar surface area (TPSA) is 82.1 Å². The third-order valence-corrected chi connectivity index (χ3v) is 3.48. The number of amides is 1. The molecule has 23 heavy (non-hydrogen) atoms. The molecule has 5 heteroatoms. The van der Waals surface area contributed by atoms with Crippen LogP contribution in [0.15, 0.2) is 54.6 Å². The summed E-state index contributed by atoms with van der Waals surface area (Å²) >= 11 is 0. The summed E-state index contributed by atoms with van der Waals surface area (Å²) in [6.07, 6.45) is 0. The molecule has 0 spiro atoms. The summed E-state index contributed by atoms with van der Waals surface area (Å²) in [6.45, 7) is 1.91. The number of anilines is 1. The van der Waals surface area contributed by atoms with Crippen molar-refractivity contribution in [3.05, 3.63) is 71.4 Å². The molecule has 0 atom stereocenters. The fourth-order valence-electron chi connectivity index (χ4n) is 2.36. The Balaban J connectivity index is 1.91. The van der Waals surface area contributed by atoms with Crippen LogP contribution in [0.4, 0.5) is 5.69 Å². The molecule has 1 heterocycles. The van der Waals surface area contributed by atoms with E-state index in [1.54, 1.807) is 24.3 Å². The van der Waals surface area contributed by atoms with Gasteiger partial charge in [0, 0.05) is 27.9 Å². The average Bonchev–Trinajstić information content (AvgIpc) is 2.55. The van der Waals surface area contributed by atoms with Gasteiger partial charge in [0.15, 0.2) is 0 Å². The minimum Gasteiger partial charge on any atom is -0.545 e. The van der Waals surface area contributed by atoms with Gasteiger partial charge in [0.1, 0.15) is 0 Å². The molecular formula is C18H13N2O3-. The molecule has 2 aromatic carbocycles. The quantitative estimate of drug-likeness (QED) is 0.804. The molecule has 0 bridgehead atoms. The number of rotatable bonds is 3. The molecule has 0 radical (unpaired) electrons. The molecule has 0 aliphatic heterocycles. The van der Waals surface area contributed by atoms with Gasteiger partial charge in [-0.05, 0) is 37.3 Å². The van der Waals surface area contributed by atoms with Gasteiger partial charge in [0.2, 0.25) is 0 Å². The van der Waals surface area contributed by atoms with Crippen molar-refractivity contribution in [2.75, 3.05) is 5.32 Å². The Morgan fingerprint density at radius 1 is 1.00 bits per heavy atom. The van der Waals surface area contributed by atoms with Gasteiger partial charge in [-0.15, -0.1) is 0 Å². The molecule has 3 aromatic rings. The van der Waals surface area contributed by atoms with Crippen LogP contribution in [-0.2, 0) is 0 Å². The summed E-state index contributed by atoms with van der Waals surface area (Å²) in [6, 6.07) is 15.1. The number of nitrogens with one attached hydrogen (secondary N) is 1. The number of aryl methyl sites for hydroxylation is 1. The summed E-state index contributed by atoms with van der Waals surface area (Å²) in [5.74, 6) is -1.88. The minimum absolute atomic E-state index is 0.0645. The molecule has 0 unspecified atom stereocenters. The lowest BCUT2D eigenvalue weighted by Gasteiger charge is -2.11. The van der Waals surface area contributed by atoms with Crippen molar-refractivity contribution in [1.29, 1.82) is 0 Å². The smallest absolute Gasteiger partial charge is 0.256 e. The molecule has 0 fully saturated rings. The van der Waals surface area contributed by atoms with Gasteiger partial charge in [-0.1, -0.05) is 24.3 Å². The van der Waals surface area contributed by atoms with Crippen LogP contribution < -0.4 is 10.4 Å². The summed E-state index contributed by atoms with van der Waals surface area (Å²) in [4.78, 5) is 27.8. The third kappa shape index (κ3) is 3.03. The summed E-state index contributed by atoms with van der Waals surface area (Å²) < 4.78 is 0. The lowest BCUT2D eigenvalue weighted by atomic mass is 10.1. The molecule has 0 aliphatic carbocycles. The maximum Gasteiger partial charge on any atom is 0.256 e. The number of benzene rings is 2. The number of carboxylic acids is 1. The van der Waals surface area contributed by atoms with Crippen LogP contribution in [0, 0.1) is 6.92 Å². The second-order valence-corrected chi connectivity index (χ2v) is 5.15. The van der Waals surface area contributed by atoms with Crippen LogP contribution >= 0.6 is 0 Å². The second kappa shape index (κ2) is 5.88. The second-order valence-electron chi connectivity index (χ2n) is 5.15. The minimum atomic E-state index is -1.38. The van der Waals surface area contributed by atoms with Gasteiger partial charge in [-0.3, -0.25) is 9.78 Å². The van der Waals surface area contributed by atoms with Gasteiger partial charge < -0.3 is 15.2 Å². The lowest BCUT2D eigenvalue weighted by Crippen LogP contribution is -2.26. The van der Waals surface area contributed by atoms with Crippen molar-refractivity contribution < 1.29 is 14.7 Å². The van der Waals surface area contributed by atoms with E-state index in [4.69, 9.17) is 0 Å². The number of hydrogen-bond acceptors (Lipinski definition) is 4. The fraction of sp³-hybridized carbons (Fsp3) is 0.0556. The maximum absolute atomic E-state index is 12.3. The van der Waals surface area contributed by atoms with Gasteiger partial charge in [-0.2, -0.15) is 0 Å². The third-order valence-electron chi connectivity index (χ3n) is 3.48. The van der Waals surface area contributed by atoms with Crippen LogP contribution in [-0.4, -0.2) is 16.9 Å². The van der Waals surface area contributed by atoms with Gasteiger partial charge >= 0.3 is 0 Å². The summed E-state index contributed by atoms with van der Waals surface area (Å²) in [5, 5.41) is 14.7. The van der Waals surface area contributed by atoms with Crippen molar-refractivity contribution in [2.24, 2.45) is 0 Å². The van der Waals surface area contributed by atoms with E-state index in [1.165, 1.54) is 12.1 Å². The van der Waals surface area contributed by atoms with Crippen LogP contribution in [0.1, 0.15) is 26.4 Å². The Morgan fingerprint density at radius 3 is 2.48 bits per heavy atom. The number of carboxylic acid groups (broad SMARTS) is 1. The number of nitrogens with zero attached hydrogens (tertiary/aromatic N) is 1. The van der Waals surface area contributed by atoms with Crippen molar-refractivity contribution in [1.82, 2.24) is 4.98 Å². The highest BCUT2D eigenvalue weighted by Gasteiger charge is 2.12. The van der Waals surface area contributed by atoms with Gasteiger partial charge in [-0.25, -0.2) is 0 Å². The van der Waals surface area contributed by atoms with Crippen molar-refractivity contribution >= 4 is 28.5 Å². The average molecular weight is 305 g/mol.